The second-order valence-electron chi connectivity index (χ2n) is 5.10. The Kier molecular flexibility index (Phi) is 3.99. The van der Waals surface area contributed by atoms with Crippen molar-refractivity contribution in [2.75, 3.05) is 13.1 Å². The summed E-state index contributed by atoms with van der Waals surface area (Å²) >= 11 is 1.32. The fourth-order valence-corrected chi connectivity index (χ4v) is 3.74. The Hall–Kier alpha value is -1.76. The molecule has 1 aliphatic heterocycles. The molecule has 1 aromatic carbocycles. The van der Waals surface area contributed by atoms with E-state index in [2.05, 4.69) is 4.98 Å². The Labute approximate surface area is 129 Å². The van der Waals surface area contributed by atoms with E-state index in [1.807, 2.05) is 24.3 Å². The predicted molar refractivity (Wildman–Crippen MR) is 78.6 cm³/mol. The van der Waals surface area contributed by atoms with Crippen LogP contribution in [-0.4, -0.2) is 40.3 Å². The third-order valence-electron chi connectivity index (χ3n) is 3.50. The van der Waals surface area contributed by atoms with E-state index in [9.17, 15) is 18.0 Å². The van der Waals surface area contributed by atoms with E-state index in [4.69, 9.17) is 0 Å². The first kappa shape index (κ1) is 15.1. The van der Waals surface area contributed by atoms with Gasteiger partial charge in [0.15, 0.2) is 0 Å². The Morgan fingerprint density at radius 3 is 2.82 bits per heavy atom. The molecule has 2 aromatic rings. The average Bonchev–Trinajstić information content (AvgIpc) is 2.79. The lowest BCUT2D eigenvalue weighted by molar-refractivity contribution is -0.157. The van der Waals surface area contributed by atoms with Gasteiger partial charge in [-0.05, 0) is 18.6 Å². The van der Waals surface area contributed by atoms with Gasteiger partial charge in [-0.3, -0.25) is 9.78 Å². The van der Waals surface area contributed by atoms with Crippen LogP contribution in [-0.2, 0) is 4.79 Å². The molecule has 0 bridgehead atoms. The Morgan fingerprint density at radius 1 is 1.27 bits per heavy atom. The lowest BCUT2D eigenvalue weighted by Gasteiger charge is -2.18. The van der Waals surface area contributed by atoms with E-state index in [0.29, 0.717) is 6.42 Å². The van der Waals surface area contributed by atoms with Crippen molar-refractivity contribution in [1.82, 2.24) is 9.88 Å². The van der Waals surface area contributed by atoms with E-state index in [1.165, 1.54) is 11.8 Å². The number of rotatable bonds is 3. The summed E-state index contributed by atoms with van der Waals surface area (Å²) in [6, 6.07) is 9.31. The number of fused-ring (bicyclic) bond motifs is 1. The SMILES string of the molecule is O=C1[C@@H](Sc2ccnc3ccccc23)CCN1CC(F)(F)F. The third kappa shape index (κ3) is 3.19. The van der Waals surface area contributed by atoms with Crippen LogP contribution in [0.1, 0.15) is 6.42 Å². The molecule has 1 saturated heterocycles. The van der Waals surface area contributed by atoms with Crippen LogP contribution in [0.3, 0.4) is 0 Å². The molecule has 1 fully saturated rings. The van der Waals surface area contributed by atoms with E-state index >= 15 is 0 Å². The minimum atomic E-state index is -4.35. The number of hydrogen-bond donors (Lipinski definition) is 0. The van der Waals surface area contributed by atoms with Gasteiger partial charge in [-0.25, -0.2) is 0 Å². The summed E-state index contributed by atoms with van der Waals surface area (Å²) in [5.41, 5.74) is 0.810. The van der Waals surface area contributed by atoms with Crippen LogP contribution < -0.4 is 0 Å². The number of hydrogen-bond acceptors (Lipinski definition) is 3. The van der Waals surface area contributed by atoms with Gasteiger partial charge in [-0.1, -0.05) is 18.2 Å². The molecule has 0 saturated carbocycles. The van der Waals surface area contributed by atoms with Crippen molar-refractivity contribution in [3.05, 3.63) is 36.5 Å². The van der Waals surface area contributed by atoms with Crippen molar-refractivity contribution < 1.29 is 18.0 Å². The Balaban J connectivity index is 1.77. The number of benzene rings is 1. The lowest BCUT2D eigenvalue weighted by Crippen LogP contribution is -2.36. The van der Waals surface area contributed by atoms with Gasteiger partial charge < -0.3 is 4.90 Å². The summed E-state index contributed by atoms with van der Waals surface area (Å²) < 4.78 is 37.3. The number of likely N-dealkylation sites (tertiary alicyclic amines) is 1. The van der Waals surface area contributed by atoms with Crippen molar-refractivity contribution in [2.45, 2.75) is 22.7 Å². The van der Waals surface area contributed by atoms with Crippen LogP contribution in [0.4, 0.5) is 13.2 Å². The van der Waals surface area contributed by atoms with Gasteiger partial charge in [-0.15, -0.1) is 11.8 Å². The van der Waals surface area contributed by atoms with Gasteiger partial charge in [0, 0.05) is 23.0 Å². The highest BCUT2D eigenvalue weighted by Gasteiger charge is 2.39. The summed E-state index contributed by atoms with van der Waals surface area (Å²) in [6.45, 7) is -1.01. The highest BCUT2D eigenvalue weighted by atomic mass is 32.2. The van der Waals surface area contributed by atoms with Gasteiger partial charge in [0.2, 0.25) is 5.91 Å². The molecule has 116 valence electrons. The smallest absolute Gasteiger partial charge is 0.333 e. The van der Waals surface area contributed by atoms with Crippen molar-refractivity contribution >= 4 is 28.6 Å². The number of para-hydroxylation sites is 1. The number of carbonyl (C=O) groups excluding carboxylic acids is 1. The van der Waals surface area contributed by atoms with Gasteiger partial charge >= 0.3 is 6.18 Å². The fraction of sp³-hybridized carbons (Fsp3) is 0.333. The molecule has 1 amide bonds. The number of amides is 1. The highest BCUT2D eigenvalue weighted by molar-refractivity contribution is 8.00. The molecule has 0 radical (unpaired) electrons. The molecule has 1 aliphatic rings. The zero-order valence-corrected chi connectivity index (χ0v) is 12.3. The summed E-state index contributed by atoms with van der Waals surface area (Å²) in [4.78, 5) is 18.1. The summed E-state index contributed by atoms with van der Waals surface area (Å²) in [6.07, 6.45) is -2.27. The molecule has 0 spiro atoms. The van der Waals surface area contributed by atoms with Crippen molar-refractivity contribution in [3.63, 3.8) is 0 Å². The number of carbonyl (C=O) groups is 1. The molecule has 0 aliphatic carbocycles. The number of aromatic nitrogens is 1. The molecule has 2 heterocycles. The number of nitrogens with zero attached hydrogens (tertiary/aromatic N) is 2. The van der Waals surface area contributed by atoms with Crippen LogP contribution in [0.2, 0.25) is 0 Å². The number of halogens is 3. The van der Waals surface area contributed by atoms with Gasteiger partial charge in [0.05, 0.1) is 10.8 Å². The van der Waals surface area contributed by atoms with Crippen molar-refractivity contribution in [3.8, 4) is 0 Å². The molecular weight excluding hydrogens is 313 g/mol. The van der Waals surface area contributed by atoms with E-state index in [0.717, 1.165) is 20.7 Å². The van der Waals surface area contributed by atoms with Crippen LogP contribution in [0.25, 0.3) is 10.9 Å². The van der Waals surface area contributed by atoms with Gasteiger partial charge in [0.25, 0.3) is 0 Å². The average molecular weight is 326 g/mol. The van der Waals surface area contributed by atoms with Crippen molar-refractivity contribution in [1.29, 1.82) is 0 Å². The van der Waals surface area contributed by atoms with E-state index in [1.54, 1.807) is 12.3 Å². The van der Waals surface area contributed by atoms with Gasteiger partial charge in [-0.2, -0.15) is 13.2 Å². The minimum absolute atomic E-state index is 0.152. The molecule has 0 N–H and O–H groups in total. The first-order valence-electron chi connectivity index (χ1n) is 6.80. The van der Waals surface area contributed by atoms with E-state index < -0.39 is 23.9 Å². The van der Waals surface area contributed by atoms with Crippen LogP contribution in [0, 0.1) is 0 Å². The molecule has 1 atom stereocenters. The maximum atomic E-state index is 12.4. The zero-order valence-electron chi connectivity index (χ0n) is 11.5. The lowest BCUT2D eigenvalue weighted by atomic mass is 10.2. The Bertz CT molecular complexity index is 699. The quantitative estimate of drug-likeness (QED) is 0.866. The Morgan fingerprint density at radius 2 is 2.05 bits per heavy atom. The first-order chi connectivity index (χ1) is 10.4. The molecular formula is C15H13F3N2OS. The number of alkyl halides is 3. The standard InChI is InChI=1S/C15H13F3N2OS/c16-15(17,18)9-20-8-6-13(14(20)21)22-12-5-7-19-11-4-2-1-3-10(11)12/h1-5,7,13H,6,8-9H2/t13-/m0/s1. The summed E-state index contributed by atoms with van der Waals surface area (Å²) in [5, 5.41) is 0.449. The molecule has 7 heteroatoms. The van der Waals surface area contributed by atoms with Gasteiger partial charge in [0.1, 0.15) is 6.54 Å². The summed E-state index contributed by atoms with van der Waals surface area (Å²) in [7, 11) is 0. The topological polar surface area (TPSA) is 33.2 Å². The minimum Gasteiger partial charge on any atom is -0.333 e. The number of pyridine rings is 1. The monoisotopic (exact) mass is 326 g/mol. The van der Waals surface area contributed by atoms with Crippen molar-refractivity contribution in [2.24, 2.45) is 0 Å². The molecule has 3 nitrogen and oxygen atoms in total. The van der Waals surface area contributed by atoms with E-state index in [-0.39, 0.29) is 6.54 Å². The molecule has 22 heavy (non-hydrogen) atoms. The van der Waals surface area contributed by atoms with Crippen LogP contribution >= 0.6 is 11.8 Å². The first-order valence-corrected chi connectivity index (χ1v) is 7.68. The fourth-order valence-electron chi connectivity index (χ4n) is 2.52. The second-order valence-corrected chi connectivity index (χ2v) is 6.34. The molecule has 3 rings (SSSR count). The van der Waals surface area contributed by atoms with Crippen LogP contribution in [0.15, 0.2) is 41.4 Å². The zero-order chi connectivity index (χ0) is 15.7. The van der Waals surface area contributed by atoms with Crippen LogP contribution in [0.5, 0.6) is 0 Å². The molecule has 1 aromatic heterocycles. The number of thioether (sulfide) groups is 1. The second kappa shape index (κ2) is 5.79. The third-order valence-corrected chi connectivity index (χ3v) is 4.83. The maximum Gasteiger partial charge on any atom is 0.406 e. The maximum absolute atomic E-state index is 12.4. The largest absolute Gasteiger partial charge is 0.406 e. The highest BCUT2D eigenvalue weighted by Crippen LogP contribution is 2.35. The normalized spacial score (nSPS) is 19.1. The predicted octanol–water partition coefficient (Wildman–Crippen LogP) is 3.49. The summed E-state index contributed by atoms with van der Waals surface area (Å²) in [5.74, 6) is -0.441. The molecule has 0 unspecified atom stereocenters.